The third-order valence-electron chi connectivity index (χ3n) is 6.03. The lowest BCUT2D eigenvalue weighted by atomic mass is 10.0. The topological polar surface area (TPSA) is 66.9 Å². The van der Waals surface area contributed by atoms with Gasteiger partial charge >= 0.3 is 5.97 Å². The summed E-state index contributed by atoms with van der Waals surface area (Å²) in [6.45, 7) is 18.1. The van der Waals surface area contributed by atoms with Gasteiger partial charge in [-0.1, -0.05) is 42.5 Å². The molecule has 0 saturated heterocycles. The van der Waals surface area contributed by atoms with E-state index in [0.29, 0.717) is 23.8 Å². The van der Waals surface area contributed by atoms with Gasteiger partial charge in [0.05, 0.1) is 31.2 Å². The molecule has 4 rings (SSSR count). The minimum Gasteiger partial charge on any atom is -0.501 e. The maximum absolute atomic E-state index is 12.1. The van der Waals surface area contributed by atoms with Crippen LogP contribution in [0.25, 0.3) is 26.9 Å². The van der Waals surface area contributed by atoms with Crippen LogP contribution in [0.1, 0.15) is 51.9 Å². The molecule has 0 aliphatic carbocycles. The molecule has 1 aromatic heterocycles. The molecule has 0 N–H and O–H groups in total. The Balaban J connectivity index is 1.73. The average Bonchev–Trinajstić information content (AvgIpc) is 3.26. The number of aromatic nitrogens is 2. The number of para-hydroxylation sites is 2. The number of esters is 1. The Morgan fingerprint density at radius 2 is 1.84 bits per heavy atom. The molecular weight excluding hydrogens is 478 g/mol. The van der Waals surface area contributed by atoms with E-state index in [1.54, 1.807) is 13.0 Å². The van der Waals surface area contributed by atoms with Crippen molar-refractivity contribution in [3.8, 4) is 22.6 Å². The van der Waals surface area contributed by atoms with Crippen molar-refractivity contribution in [1.82, 2.24) is 9.78 Å². The fourth-order valence-electron chi connectivity index (χ4n) is 4.38. The number of carbonyl (C=O) groups excluding carboxylic acids is 1. The van der Waals surface area contributed by atoms with Crippen LogP contribution in [0.2, 0.25) is 0 Å². The van der Waals surface area contributed by atoms with Crippen LogP contribution in [0.3, 0.4) is 0 Å². The number of hydrogen-bond acceptors (Lipinski definition) is 5. The molecule has 7 nitrogen and oxygen atoms in total. The summed E-state index contributed by atoms with van der Waals surface area (Å²) in [4.78, 5) is 15.8. The summed E-state index contributed by atoms with van der Waals surface area (Å²) in [5, 5.41) is 5.84. The number of rotatable bonds is 10. The molecule has 0 spiro atoms. The third-order valence-corrected chi connectivity index (χ3v) is 6.03. The fourth-order valence-corrected chi connectivity index (χ4v) is 4.38. The SMILES string of the molecule is [C-]#[N+]c1cccc(-c2ccc3c(c2)c(COc2ccccc2CC(=O)OCC)nn3C(C)C)c1OC(C)C. The number of hydrogen-bond donors (Lipinski definition) is 0. The molecule has 0 fully saturated rings. The average molecular weight is 512 g/mol. The van der Waals surface area contributed by atoms with Crippen molar-refractivity contribution < 1.29 is 19.0 Å². The predicted octanol–water partition coefficient (Wildman–Crippen LogP) is 7.31. The van der Waals surface area contributed by atoms with Gasteiger partial charge in [0.1, 0.15) is 23.8 Å². The summed E-state index contributed by atoms with van der Waals surface area (Å²) < 4.78 is 19.4. The highest BCUT2D eigenvalue weighted by atomic mass is 16.5. The fraction of sp³-hybridized carbons (Fsp3) is 0.323. The lowest BCUT2D eigenvalue weighted by molar-refractivity contribution is -0.142. The lowest BCUT2D eigenvalue weighted by Crippen LogP contribution is -2.09. The quantitative estimate of drug-likeness (QED) is 0.165. The summed E-state index contributed by atoms with van der Waals surface area (Å²) in [6, 6.07) is 19.4. The molecule has 0 radical (unpaired) electrons. The Morgan fingerprint density at radius 1 is 1.05 bits per heavy atom. The second kappa shape index (κ2) is 11.8. The second-order valence-electron chi connectivity index (χ2n) is 9.53. The molecule has 0 amide bonds. The monoisotopic (exact) mass is 511 g/mol. The molecule has 38 heavy (non-hydrogen) atoms. The zero-order valence-electron chi connectivity index (χ0n) is 22.5. The summed E-state index contributed by atoms with van der Waals surface area (Å²) >= 11 is 0. The largest absolute Gasteiger partial charge is 0.501 e. The maximum Gasteiger partial charge on any atom is 0.310 e. The van der Waals surface area contributed by atoms with Crippen LogP contribution in [-0.4, -0.2) is 28.5 Å². The zero-order valence-corrected chi connectivity index (χ0v) is 22.5. The molecule has 7 heteroatoms. The van der Waals surface area contributed by atoms with Crippen LogP contribution in [0, 0.1) is 6.57 Å². The minimum absolute atomic E-state index is 0.0669. The first-order valence-electron chi connectivity index (χ1n) is 12.9. The van der Waals surface area contributed by atoms with Crippen molar-refractivity contribution in [3.63, 3.8) is 0 Å². The predicted molar refractivity (Wildman–Crippen MR) is 149 cm³/mol. The normalized spacial score (nSPS) is 11.1. The van der Waals surface area contributed by atoms with Crippen molar-refractivity contribution in [2.75, 3.05) is 6.61 Å². The van der Waals surface area contributed by atoms with E-state index in [0.717, 1.165) is 33.3 Å². The van der Waals surface area contributed by atoms with Gasteiger partial charge in [-0.3, -0.25) is 9.48 Å². The van der Waals surface area contributed by atoms with Crippen molar-refractivity contribution in [2.45, 2.75) is 59.8 Å². The first kappa shape index (κ1) is 26.7. The van der Waals surface area contributed by atoms with E-state index in [1.165, 1.54) is 0 Å². The zero-order chi connectivity index (χ0) is 27.2. The first-order chi connectivity index (χ1) is 18.3. The molecule has 4 aromatic rings. The van der Waals surface area contributed by atoms with Gasteiger partial charge in [0.25, 0.3) is 0 Å². The third kappa shape index (κ3) is 5.81. The van der Waals surface area contributed by atoms with E-state index in [2.05, 4.69) is 30.8 Å². The van der Waals surface area contributed by atoms with Crippen LogP contribution in [0.4, 0.5) is 5.69 Å². The Kier molecular flexibility index (Phi) is 8.32. The van der Waals surface area contributed by atoms with E-state index in [-0.39, 0.29) is 31.1 Å². The molecule has 0 bridgehead atoms. The standard InChI is InChI=1S/C31H33N3O4/c1-7-36-30(35)18-23-11-8-9-14-29(23)37-19-27-25-17-22(15-16-28(25)34(33-27)20(2)3)24-12-10-13-26(32-6)31(24)38-21(4)5/h8-17,20-21H,7,18-19H2,1-5H3. The Bertz CT molecular complexity index is 1480. The highest BCUT2D eigenvalue weighted by Gasteiger charge is 2.18. The second-order valence-corrected chi connectivity index (χ2v) is 9.53. The van der Waals surface area contributed by atoms with Crippen LogP contribution < -0.4 is 9.47 Å². The molecule has 0 aliphatic rings. The molecule has 3 aromatic carbocycles. The van der Waals surface area contributed by atoms with Crippen LogP contribution in [0.5, 0.6) is 11.5 Å². The Labute approximate surface area is 223 Å². The van der Waals surface area contributed by atoms with E-state index < -0.39 is 0 Å². The molecule has 0 saturated carbocycles. The highest BCUT2D eigenvalue weighted by molar-refractivity contribution is 5.89. The number of fused-ring (bicyclic) bond motifs is 1. The molecular formula is C31H33N3O4. The molecule has 0 unspecified atom stereocenters. The van der Waals surface area contributed by atoms with E-state index in [4.69, 9.17) is 25.9 Å². The Hall–Kier alpha value is -4.31. The number of nitrogens with zero attached hydrogens (tertiary/aromatic N) is 3. The van der Waals surface area contributed by atoms with Gasteiger partial charge in [-0.25, -0.2) is 4.85 Å². The highest BCUT2D eigenvalue weighted by Crippen LogP contribution is 2.40. The summed E-state index contributed by atoms with van der Waals surface area (Å²) in [5.74, 6) is 0.920. The van der Waals surface area contributed by atoms with Gasteiger partial charge in [-0.05, 0) is 58.4 Å². The maximum atomic E-state index is 12.1. The number of ether oxygens (including phenoxy) is 3. The Morgan fingerprint density at radius 3 is 2.55 bits per heavy atom. The van der Waals surface area contributed by atoms with E-state index in [1.807, 2.05) is 61.0 Å². The lowest BCUT2D eigenvalue weighted by Gasteiger charge is -2.16. The van der Waals surface area contributed by atoms with Crippen LogP contribution in [-0.2, 0) is 22.6 Å². The van der Waals surface area contributed by atoms with E-state index in [9.17, 15) is 4.79 Å². The summed E-state index contributed by atoms with van der Waals surface area (Å²) in [6.07, 6.45) is 0.0773. The molecule has 0 aliphatic heterocycles. The summed E-state index contributed by atoms with van der Waals surface area (Å²) in [5.41, 5.74) is 4.83. The van der Waals surface area contributed by atoms with E-state index >= 15 is 0 Å². The van der Waals surface area contributed by atoms with Crippen molar-refractivity contribution in [2.24, 2.45) is 0 Å². The number of benzene rings is 3. The van der Waals surface area contributed by atoms with Gasteiger partial charge < -0.3 is 14.2 Å². The van der Waals surface area contributed by atoms with Gasteiger partial charge in [0, 0.05) is 22.6 Å². The smallest absolute Gasteiger partial charge is 0.310 e. The number of carbonyl (C=O) groups is 1. The van der Waals surface area contributed by atoms with Crippen molar-refractivity contribution in [3.05, 3.63) is 83.3 Å². The molecule has 1 heterocycles. The van der Waals surface area contributed by atoms with Crippen LogP contribution >= 0.6 is 0 Å². The van der Waals surface area contributed by atoms with Crippen LogP contribution in [0.15, 0.2) is 60.7 Å². The van der Waals surface area contributed by atoms with Gasteiger partial charge in [-0.15, -0.1) is 0 Å². The van der Waals surface area contributed by atoms with Crippen molar-refractivity contribution in [1.29, 1.82) is 0 Å². The first-order valence-corrected chi connectivity index (χ1v) is 12.9. The van der Waals surface area contributed by atoms with Gasteiger partial charge in [-0.2, -0.15) is 5.10 Å². The minimum atomic E-state index is -0.288. The van der Waals surface area contributed by atoms with Gasteiger partial charge in [0.15, 0.2) is 0 Å². The molecule has 0 atom stereocenters. The summed E-state index contributed by atoms with van der Waals surface area (Å²) in [7, 11) is 0. The molecule has 196 valence electrons. The van der Waals surface area contributed by atoms with Gasteiger partial charge in [0.2, 0.25) is 5.69 Å². The van der Waals surface area contributed by atoms with Crippen molar-refractivity contribution >= 4 is 22.6 Å².